The van der Waals surface area contributed by atoms with E-state index in [0.717, 1.165) is 22.5 Å². The van der Waals surface area contributed by atoms with Crippen LogP contribution in [0.3, 0.4) is 0 Å². The van der Waals surface area contributed by atoms with Gasteiger partial charge in [0.25, 0.3) is 0 Å². The van der Waals surface area contributed by atoms with Crippen molar-refractivity contribution in [1.29, 1.82) is 0 Å². The van der Waals surface area contributed by atoms with E-state index in [0.29, 0.717) is 6.04 Å². The Labute approximate surface area is 112 Å². The lowest BCUT2D eigenvalue weighted by molar-refractivity contribution is 0.199. The summed E-state index contributed by atoms with van der Waals surface area (Å²) in [4.78, 5) is 2.45. The Hall–Kier alpha value is -0.540. The van der Waals surface area contributed by atoms with Crippen molar-refractivity contribution >= 4 is 21.6 Å². The largest absolute Gasteiger partial charge is 0.389 e. The number of aliphatic hydroxyl groups excluding tert-OH is 1. The molecule has 1 N–H and O–H groups in total. The lowest BCUT2D eigenvalue weighted by Crippen LogP contribution is -2.26. The summed E-state index contributed by atoms with van der Waals surface area (Å²) >= 11 is 3.62. The third kappa shape index (κ3) is 2.66. The number of hydrogen-bond donors (Lipinski definition) is 1. The molecule has 0 aromatic heterocycles. The molecule has 1 aromatic carbocycles. The summed E-state index contributed by atoms with van der Waals surface area (Å²) in [6.45, 7) is 7.49. The Balaban J connectivity index is 2.28. The number of aliphatic hydroxyl groups is 1. The second kappa shape index (κ2) is 4.99. The number of hydrogen-bond acceptors (Lipinski definition) is 2. The molecule has 2 unspecified atom stereocenters. The predicted octanol–water partition coefficient (Wildman–Crippen LogP) is 3.74. The maximum atomic E-state index is 9.56. The zero-order valence-corrected chi connectivity index (χ0v) is 12.2. The van der Waals surface area contributed by atoms with Crippen LogP contribution >= 0.6 is 15.9 Å². The fraction of sp³-hybridized carbons (Fsp3) is 0.571. The highest BCUT2D eigenvalue weighted by Crippen LogP contribution is 2.35. The van der Waals surface area contributed by atoms with Crippen LogP contribution in [0.15, 0.2) is 22.7 Å². The van der Waals surface area contributed by atoms with Gasteiger partial charge in [0.2, 0.25) is 0 Å². The summed E-state index contributed by atoms with van der Waals surface area (Å²) in [5.74, 6) is 0.758. The molecule has 3 heteroatoms. The van der Waals surface area contributed by atoms with Crippen molar-refractivity contribution in [1.82, 2.24) is 0 Å². The summed E-state index contributed by atoms with van der Waals surface area (Å²) < 4.78 is 1.08. The third-order valence-electron chi connectivity index (χ3n) is 3.55. The van der Waals surface area contributed by atoms with Crippen molar-refractivity contribution in [2.45, 2.75) is 39.3 Å². The van der Waals surface area contributed by atoms with E-state index in [1.54, 1.807) is 6.92 Å². The van der Waals surface area contributed by atoms with Gasteiger partial charge < -0.3 is 10.0 Å². The van der Waals surface area contributed by atoms with Crippen LogP contribution in [0.2, 0.25) is 0 Å². The highest BCUT2D eigenvalue weighted by atomic mass is 79.9. The zero-order chi connectivity index (χ0) is 12.6. The first kappa shape index (κ1) is 12.9. The quantitative estimate of drug-likeness (QED) is 0.899. The molecule has 0 spiro atoms. The molecule has 0 saturated carbocycles. The van der Waals surface area contributed by atoms with Gasteiger partial charge in [0.05, 0.1) is 11.8 Å². The summed E-state index contributed by atoms with van der Waals surface area (Å²) in [6.07, 6.45) is 0.847. The van der Waals surface area contributed by atoms with E-state index in [-0.39, 0.29) is 0 Å². The summed E-state index contributed by atoms with van der Waals surface area (Å²) in [6, 6.07) is 6.75. The number of benzene rings is 1. The van der Waals surface area contributed by atoms with Gasteiger partial charge >= 0.3 is 0 Å². The first-order chi connectivity index (χ1) is 7.99. The van der Waals surface area contributed by atoms with E-state index in [1.165, 1.54) is 12.1 Å². The SMILES string of the molecule is CC1CC(C)N(c2ccc([C@@H](C)O)cc2Br)C1. The Morgan fingerprint density at radius 2 is 2.12 bits per heavy atom. The first-order valence-electron chi connectivity index (χ1n) is 6.23. The minimum Gasteiger partial charge on any atom is -0.389 e. The standard InChI is InChI=1S/C14H20BrNO/c1-9-6-10(2)16(8-9)14-5-4-12(11(3)17)7-13(14)15/h4-5,7,9-11,17H,6,8H2,1-3H3/t9?,10?,11-/m1/s1. The molecule has 1 heterocycles. The lowest BCUT2D eigenvalue weighted by atomic mass is 10.1. The minimum atomic E-state index is -0.407. The van der Waals surface area contributed by atoms with Crippen LogP contribution in [0.25, 0.3) is 0 Å². The monoisotopic (exact) mass is 297 g/mol. The van der Waals surface area contributed by atoms with E-state index in [1.807, 2.05) is 12.1 Å². The van der Waals surface area contributed by atoms with Crippen molar-refractivity contribution < 1.29 is 5.11 Å². The van der Waals surface area contributed by atoms with Gasteiger partial charge in [-0.2, -0.15) is 0 Å². The molecule has 0 bridgehead atoms. The summed E-state index contributed by atoms with van der Waals surface area (Å²) in [5, 5.41) is 9.56. The smallest absolute Gasteiger partial charge is 0.0762 e. The van der Waals surface area contributed by atoms with Gasteiger partial charge in [0.1, 0.15) is 0 Å². The van der Waals surface area contributed by atoms with Crippen molar-refractivity contribution in [2.75, 3.05) is 11.4 Å². The molecule has 2 nitrogen and oxygen atoms in total. The molecular weight excluding hydrogens is 278 g/mol. The molecule has 1 aliphatic heterocycles. The number of halogens is 1. The van der Waals surface area contributed by atoms with E-state index < -0.39 is 6.10 Å². The third-order valence-corrected chi connectivity index (χ3v) is 4.18. The van der Waals surface area contributed by atoms with Crippen molar-refractivity contribution in [3.63, 3.8) is 0 Å². The Morgan fingerprint density at radius 1 is 1.41 bits per heavy atom. The first-order valence-corrected chi connectivity index (χ1v) is 7.02. The van der Waals surface area contributed by atoms with Gasteiger partial charge in [-0.05, 0) is 59.8 Å². The summed E-state index contributed by atoms with van der Waals surface area (Å²) in [5.41, 5.74) is 2.20. The molecule has 0 radical (unpaired) electrons. The molecule has 0 amide bonds. The number of nitrogens with zero attached hydrogens (tertiary/aromatic N) is 1. The van der Waals surface area contributed by atoms with Crippen LogP contribution in [0.4, 0.5) is 5.69 Å². The molecule has 1 aromatic rings. The molecular formula is C14H20BrNO. The second-order valence-corrected chi connectivity index (χ2v) is 6.08. The molecule has 1 saturated heterocycles. The van der Waals surface area contributed by atoms with Crippen LogP contribution in [0, 0.1) is 5.92 Å². The Bertz CT molecular complexity index is 405. The fourth-order valence-corrected chi connectivity index (χ4v) is 3.28. The maximum absolute atomic E-state index is 9.56. The van der Waals surface area contributed by atoms with Gasteiger partial charge in [-0.15, -0.1) is 0 Å². The molecule has 17 heavy (non-hydrogen) atoms. The number of anilines is 1. The average molecular weight is 298 g/mol. The van der Waals surface area contributed by atoms with Crippen LogP contribution in [0.1, 0.15) is 38.9 Å². The van der Waals surface area contributed by atoms with Gasteiger partial charge in [-0.25, -0.2) is 0 Å². The van der Waals surface area contributed by atoms with E-state index in [2.05, 4.69) is 40.7 Å². The highest BCUT2D eigenvalue weighted by Gasteiger charge is 2.27. The van der Waals surface area contributed by atoms with Gasteiger partial charge in [-0.3, -0.25) is 0 Å². The Morgan fingerprint density at radius 3 is 2.59 bits per heavy atom. The average Bonchev–Trinajstić information content (AvgIpc) is 2.57. The lowest BCUT2D eigenvalue weighted by Gasteiger charge is -2.25. The Kier molecular flexibility index (Phi) is 3.79. The van der Waals surface area contributed by atoms with Gasteiger partial charge in [-0.1, -0.05) is 13.0 Å². The van der Waals surface area contributed by atoms with Crippen LogP contribution < -0.4 is 4.90 Å². The maximum Gasteiger partial charge on any atom is 0.0762 e. The molecule has 0 aliphatic carbocycles. The van der Waals surface area contributed by atoms with E-state index >= 15 is 0 Å². The van der Waals surface area contributed by atoms with Gasteiger partial charge in [0.15, 0.2) is 0 Å². The van der Waals surface area contributed by atoms with Crippen LogP contribution in [-0.2, 0) is 0 Å². The second-order valence-electron chi connectivity index (χ2n) is 5.23. The van der Waals surface area contributed by atoms with Crippen LogP contribution in [0.5, 0.6) is 0 Å². The number of rotatable bonds is 2. The predicted molar refractivity (Wildman–Crippen MR) is 75.4 cm³/mol. The van der Waals surface area contributed by atoms with Gasteiger partial charge in [0, 0.05) is 17.1 Å². The zero-order valence-electron chi connectivity index (χ0n) is 10.7. The normalized spacial score (nSPS) is 26.3. The van der Waals surface area contributed by atoms with Crippen molar-refractivity contribution in [3.05, 3.63) is 28.2 Å². The van der Waals surface area contributed by atoms with E-state index in [9.17, 15) is 5.11 Å². The molecule has 2 rings (SSSR count). The van der Waals surface area contributed by atoms with E-state index in [4.69, 9.17) is 0 Å². The van der Waals surface area contributed by atoms with Crippen LogP contribution in [-0.4, -0.2) is 17.7 Å². The van der Waals surface area contributed by atoms with Crippen molar-refractivity contribution in [2.24, 2.45) is 5.92 Å². The van der Waals surface area contributed by atoms with Crippen molar-refractivity contribution in [3.8, 4) is 0 Å². The minimum absolute atomic E-state index is 0.407. The highest BCUT2D eigenvalue weighted by molar-refractivity contribution is 9.10. The molecule has 1 fully saturated rings. The fourth-order valence-electron chi connectivity index (χ4n) is 2.65. The topological polar surface area (TPSA) is 23.5 Å². The summed E-state index contributed by atoms with van der Waals surface area (Å²) in [7, 11) is 0. The molecule has 94 valence electrons. The molecule has 1 aliphatic rings. The molecule has 3 atom stereocenters.